The quantitative estimate of drug-likeness (QED) is 0.432. The van der Waals surface area contributed by atoms with Crippen LogP contribution in [0.1, 0.15) is 23.2 Å². The van der Waals surface area contributed by atoms with Crippen molar-refractivity contribution in [2.24, 2.45) is 0 Å². The second-order valence-corrected chi connectivity index (χ2v) is 9.49. The van der Waals surface area contributed by atoms with Crippen LogP contribution in [-0.4, -0.2) is 46.1 Å². The highest BCUT2D eigenvalue weighted by molar-refractivity contribution is 7.90. The lowest BCUT2D eigenvalue weighted by Gasteiger charge is -2.12. The molecule has 3 heterocycles. The van der Waals surface area contributed by atoms with Gasteiger partial charge in [-0.2, -0.15) is 5.10 Å². The number of carbonyl (C=O) groups excluding carboxylic acids is 2. The number of sulfone groups is 1. The Balaban J connectivity index is 1.49. The van der Waals surface area contributed by atoms with Crippen LogP contribution in [0.5, 0.6) is 0 Å². The van der Waals surface area contributed by atoms with Crippen LogP contribution in [0.15, 0.2) is 43.0 Å². The van der Waals surface area contributed by atoms with Crippen molar-refractivity contribution in [2.75, 3.05) is 11.9 Å². The van der Waals surface area contributed by atoms with Crippen LogP contribution >= 0.6 is 0 Å². The smallest absolute Gasteiger partial charge is 0.314 e. The highest BCUT2D eigenvalue weighted by Gasteiger charge is 2.33. The maximum absolute atomic E-state index is 12.5. The third kappa shape index (κ3) is 4.66. The fourth-order valence-corrected chi connectivity index (χ4v) is 4.94. The topological polar surface area (TPSA) is 128 Å². The molecule has 162 valence electrons. The number of hydrogen-bond donors (Lipinski definition) is 2. The van der Waals surface area contributed by atoms with Crippen LogP contribution in [0.2, 0.25) is 0 Å². The van der Waals surface area contributed by atoms with E-state index in [1.807, 2.05) is 35.9 Å². The van der Waals surface area contributed by atoms with Crippen molar-refractivity contribution >= 4 is 27.5 Å². The van der Waals surface area contributed by atoms with Gasteiger partial charge in [0, 0.05) is 31.0 Å². The summed E-state index contributed by atoms with van der Waals surface area (Å²) in [5.41, 5.74) is 2.46. The first-order valence-corrected chi connectivity index (χ1v) is 11.6. The molecule has 1 aliphatic rings. The zero-order valence-corrected chi connectivity index (χ0v) is 17.7. The van der Waals surface area contributed by atoms with E-state index in [4.69, 9.17) is 0 Å². The minimum absolute atomic E-state index is 0.190. The highest BCUT2D eigenvalue weighted by Crippen LogP contribution is 2.33. The summed E-state index contributed by atoms with van der Waals surface area (Å²) in [6.07, 6.45) is 5.79. The molecule has 2 N–H and O–H groups in total. The predicted molar refractivity (Wildman–Crippen MR) is 113 cm³/mol. The average Bonchev–Trinajstić information content (AvgIpc) is 3.41. The number of aromatic nitrogens is 4. The van der Waals surface area contributed by atoms with Gasteiger partial charge in [-0.05, 0) is 31.0 Å². The molecule has 0 radical (unpaired) electrons. The zero-order chi connectivity index (χ0) is 22.0. The molecule has 2 aromatic heterocycles. The lowest BCUT2D eigenvalue weighted by Crippen LogP contribution is -2.36. The van der Waals surface area contributed by atoms with Gasteiger partial charge < -0.3 is 15.2 Å². The Labute approximate surface area is 179 Å². The van der Waals surface area contributed by atoms with Gasteiger partial charge in [-0.1, -0.05) is 12.1 Å². The summed E-state index contributed by atoms with van der Waals surface area (Å²) in [5.74, 6) is -1.87. The summed E-state index contributed by atoms with van der Waals surface area (Å²) in [5, 5.41) is 9.54. The van der Waals surface area contributed by atoms with Crippen molar-refractivity contribution in [2.45, 2.75) is 31.4 Å². The Bertz CT molecular complexity index is 1230. The van der Waals surface area contributed by atoms with Gasteiger partial charge in [0.05, 0.1) is 29.2 Å². The first-order valence-electron chi connectivity index (χ1n) is 9.75. The number of rotatable bonds is 6. The van der Waals surface area contributed by atoms with Crippen molar-refractivity contribution < 1.29 is 18.0 Å². The lowest BCUT2D eigenvalue weighted by atomic mass is 10.2. The highest BCUT2D eigenvalue weighted by atomic mass is 32.2. The van der Waals surface area contributed by atoms with E-state index in [-0.39, 0.29) is 17.3 Å². The maximum atomic E-state index is 12.5. The van der Waals surface area contributed by atoms with Crippen molar-refractivity contribution in [1.82, 2.24) is 24.6 Å². The average molecular weight is 443 g/mol. The molecule has 11 heteroatoms. The molecular formula is C20H22N6O4S. The zero-order valence-electron chi connectivity index (χ0n) is 16.9. The summed E-state index contributed by atoms with van der Waals surface area (Å²) in [6.45, 7) is 2.89. The molecule has 0 bridgehead atoms. The third-order valence-electron chi connectivity index (χ3n) is 4.91. The summed E-state index contributed by atoms with van der Waals surface area (Å²) in [7, 11) is -3.32. The molecular weight excluding hydrogens is 420 g/mol. The van der Waals surface area contributed by atoms with E-state index < -0.39 is 21.7 Å². The molecule has 0 aliphatic carbocycles. The molecule has 10 nitrogen and oxygen atoms in total. The molecule has 4 rings (SSSR count). The number of aryl methyl sites for hydroxylation is 2. The van der Waals surface area contributed by atoms with Gasteiger partial charge in [-0.25, -0.2) is 18.1 Å². The van der Waals surface area contributed by atoms with Gasteiger partial charge in [-0.3, -0.25) is 9.59 Å². The van der Waals surface area contributed by atoms with E-state index in [9.17, 15) is 18.0 Å². The molecule has 0 saturated heterocycles. The monoisotopic (exact) mass is 442 g/mol. The first-order chi connectivity index (χ1) is 14.8. The molecule has 31 heavy (non-hydrogen) atoms. The number of nitrogens with one attached hydrogen (secondary N) is 2. The molecule has 3 aromatic rings. The Kier molecular flexibility index (Phi) is 5.59. The van der Waals surface area contributed by atoms with Crippen LogP contribution in [-0.2, 0) is 37.5 Å². The molecule has 0 saturated carbocycles. The van der Waals surface area contributed by atoms with E-state index in [0.717, 1.165) is 5.56 Å². The Morgan fingerprint density at radius 3 is 2.77 bits per heavy atom. The number of benzene rings is 1. The van der Waals surface area contributed by atoms with Crippen molar-refractivity contribution in [3.63, 3.8) is 0 Å². The summed E-state index contributed by atoms with van der Waals surface area (Å²) >= 11 is 0. The van der Waals surface area contributed by atoms with Gasteiger partial charge in [0.2, 0.25) is 0 Å². The minimum atomic E-state index is -3.32. The lowest BCUT2D eigenvalue weighted by molar-refractivity contribution is -0.136. The van der Waals surface area contributed by atoms with E-state index >= 15 is 0 Å². The molecule has 0 atom stereocenters. The van der Waals surface area contributed by atoms with Gasteiger partial charge in [-0.15, -0.1) is 0 Å². The van der Waals surface area contributed by atoms with Crippen LogP contribution in [0, 0.1) is 6.92 Å². The van der Waals surface area contributed by atoms with E-state index in [1.54, 1.807) is 18.6 Å². The van der Waals surface area contributed by atoms with Gasteiger partial charge >= 0.3 is 11.8 Å². The fourth-order valence-electron chi connectivity index (χ4n) is 3.44. The van der Waals surface area contributed by atoms with Gasteiger partial charge in [0.25, 0.3) is 0 Å². The number of amides is 2. The SMILES string of the molecule is Cc1cccc(-n2nc3c(c2NC(=O)C(=O)NCCCn2ccnc2)CS(=O)(=O)C3)c1. The Hall–Kier alpha value is -3.47. The number of anilines is 1. The summed E-state index contributed by atoms with van der Waals surface area (Å²) in [6, 6.07) is 7.42. The standard InChI is InChI=1S/C20H22N6O4S/c1-14-4-2-5-15(10-14)26-18(16-11-31(29,30)12-17(16)24-26)23-20(28)19(27)22-6-3-8-25-9-7-21-13-25/h2,4-5,7,9-10,13H,3,6,8,11-12H2,1H3,(H,22,27)(H,23,28). The first kappa shape index (κ1) is 20.8. The fraction of sp³-hybridized carbons (Fsp3) is 0.300. The maximum Gasteiger partial charge on any atom is 0.314 e. The summed E-state index contributed by atoms with van der Waals surface area (Å²) in [4.78, 5) is 28.7. The molecule has 1 aromatic carbocycles. The Morgan fingerprint density at radius 2 is 2.03 bits per heavy atom. The Morgan fingerprint density at radius 1 is 1.19 bits per heavy atom. The number of carbonyl (C=O) groups is 2. The van der Waals surface area contributed by atoms with Gasteiger partial charge in [0.1, 0.15) is 5.82 Å². The van der Waals surface area contributed by atoms with E-state index in [2.05, 4.69) is 20.7 Å². The van der Waals surface area contributed by atoms with E-state index in [1.165, 1.54) is 4.68 Å². The number of imidazole rings is 1. The summed E-state index contributed by atoms with van der Waals surface area (Å²) < 4.78 is 27.4. The van der Waals surface area contributed by atoms with Crippen molar-refractivity contribution in [1.29, 1.82) is 0 Å². The van der Waals surface area contributed by atoms with E-state index in [0.29, 0.717) is 36.5 Å². The molecule has 1 aliphatic heterocycles. The number of hydrogen-bond acceptors (Lipinski definition) is 6. The minimum Gasteiger partial charge on any atom is -0.348 e. The second kappa shape index (κ2) is 8.34. The van der Waals surface area contributed by atoms with Crippen LogP contribution < -0.4 is 10.6 Å². The van der Waals surface area contributed by atoms with Crippen LogP contribution in [0.4, 0.5) is 5.82 Å². The van der Waals surface area contributed by atoms with Crippen LogP contribution in [0.3, 0.4) is 0 Å². The molecule has 0 spiro atoms. The number of nitrogens with zero attached hydrogens (tertiary/aromatic N) is 4. The molecule has 0 fully saturated rings. The largest absolute Gasteiger partial charge is 0.348 e. The third-order valence-corrected chi connectivity index (χ3v) is 6.35. The molecule has 2 amide bonds. The second-order valence-electron chi connectivity index (χ2n) is 7.42. The predicted octanol–water partition coefficient (Wildman–Crippen LogP) is 0.951. The van der Waals surface area contributed by atoms with Crippen molar-refractivity contribution in [3.8, 4) is 5.69 Å². The molecule has 0 unspecified atom stereocenters. The number of fused-ring (bicyclic) bond motifs is 1. The van der Waals surface area contributed by atoms with Crippen molar-refractivity contribution in [3.05, 3.63) is 59.8 Å². The normalized spacial score (nSPS) is 14.2. The van der Waals surface area contributed by atoms with Crippen LogP contribution in [0.25, 0.3) is 5.69 Å². The van der Waals surface area contributed by atoms with Gasteiger partial charge in [0.15, 0.2) is 9.84 Å².